The molecule has 26 heavy (non-hydrogen) atoms. The van der Waals surface area contributed by atoms with E-state index < -0.39 is 15.4 Å². The predicted octanol–water partition coefficient (Wildman–Crippen LogP) is 0.416. The summed E-state index contributed by atoms with van der Waals surface area (Å²) < 4.78 is 23.2. The average molecular weight is 381 g/mol. The molecule has 4 rings (SSSR count). The van der Waals surface area contributed by atoms with Crippen molar-refractivity contribution in [2.45, 2.75) is 50.2 Å². The van der Waals surface area contributed by atoms with Gasteiger partial charge in [-0.05, 0) is 57.2 Å². The maximum absolute atomic E-state index is 11.6. The molecule has 0 spiro atoms. The lowest BCUT2D eigenvalue weighted by Crippen LogP contribution is -2.61. The molecule has 0 amide bonds. The zero-order valence-corrected chi connectivity index (χ0v) is 16.2. The molecular weight excluding hydrogens is 352 g/mol. The highest BCUT2D eigenvalue weighted by Gasteiger charge is 2.39. The molecule has 0 atom stereocenters. The summed E-state index contributed by atoms with van der Waals surface area (Å²) in [7, 11) is -0.940. The number of anilines is 1. The van der Waals surface area contributed by atoms with Crippen molar-refractivity contribution in [3.05, 3.63) is 17.3 Å². The van der Waals surface area contributed by atoms with Gasteiger partial charge in [0.25, 0.3) is 0 Å². The van der Waals surface area contributed by atoms with Crippen LogP contribution in [0.25, 0.3) is 0 Å². The number of sulfone groups is 1. The first-order chi connectivity index (χ1) is 12.3. The second-order valence-electron chi connectivity index (χ2n) is 8.23. The van der Waals surface area contributed by atoms with Gasteiger partial charge >= 0.3 is 0 Å². The Hall–Kier alpha value is -1.25. The first-order valence-corrected chi connectivity index (χ1v) is 11.4. The van der Waals surface area contributed by atoms with Gasteiger partial charge in [0.05, 0.1) is 22.8 Å². The van der Waals surface area contributed by atoms with Crippen LogP contribution in [0.5, 0.6) is 0 Å². The van der Waals surface area contributed by atoms with Gasteiger partial charge in [0.1, 0.15) is 0 Å². The molecule has 1 aromatic rings. The van der Waals surface area contributed by atoms with E-state index in [0.29, 0.717) is 25.4 Å². The van der Waals surface area contributed by atoms with E-state index in [9.17, 15) is 13.5 Å². The SMILES string of the molecule is CN(CC1(O)CCS(=O)(=O)CC1)C1CN(c2cc3c(nn2)CCCC3)C1. The van der Waals surface area contributed by atoms with E-state index in [0.717, 1.165) is 37.4 Å². The molecule has 0 bridgehead atoms. The largest absolute Gasteiger partial charge is 0.388 e. The van der Waals surface area contributed by atoms with E-state index in [1.165, 1.54) is 18.4 Å². The van der Waals surface area contributed by atoms with Crippen molar-refractivity contribution in [1.29, 1.82) is 0 Å². The standard InChI is InChI=1S/C18H28N4O3S/c1-21(13-18(23)6-8-26(24,25)9-7-18)15-11-22(12-15)17-10-14-4-2-3-5-16(14)19-20-17/h10,15,23H,2-9,11-13H2,1H3. The third-order valence-corrected chi connectivity index (χ3v) is 7.82. The van der Waals surface area contributed by atoms with Crippen molar-refractivity contribution in [3.8, 4) is 0 Å². The summed E-state index contributed by atoms with van der Waals surface area (Å²) in [4.78, 5) is 4.40. The fourth-order valence-corrected chi connectivity index (χ4v) is 5.81. The molecular formula is C18H28N4O3S. The second kappa shape index (κ2) is 6.73. The monoisotopic (exact) mass is 380 g/mol. The van der Waals surface area contributed by atoms with Crippen molar-refractivity contribution in [1.82, 2.24) is 15.1 Å². The Morgan fingerprint density at radius 1 is 1.23 bits per heavy atom. The molecule has 7 nitrogen and oxygen atoms in total. The molecule has 3 aliphatic rings. The van der Waals surface area contributed by atoms with Crippen molar-refractivity contribution < 1.29 is 13.5 Å². The van der Waals surface area contributed by atoms with Crippen LogP contribution < -0.4 is 4.90 Å². The van der Waals surface area contributed by atoms with Crippen molar-refractivity contribution in [3.63, 3.8) is 0 Å². The smallest absolute Gasteiger partial charge is 0.151 e. The lowest BCUT2D eigenvalue weighted by Gasteiger charge is -2.47. The molecule has 8 heteroatoms. The number of aliphatic hydroxyl groups is 1. The lowest BCUT2D eigenvalue weighted by atomic mass is 9.94. The molecule has 0 radical (unpaired) electrons. The van der Waals surface area contributed by atoms with E-state index in [1.54, 1.807) is 0 Å². The average Bonchev–Trinajstić information content (AvgIpc) is 2.57. The Kier molecular flexibility index (Phi) is 4.69. The molecule has 144 valence electrons. The predicted molar refractivity (Wildman–Crippen MR) is 100 cm³/mol. The number of aryl methyl sites for hydroxylation is 2. The summed E-state index contributed by atoms with van der Waals surface area (Å²) in [5.41, 5.74) is 1.62. The number of rotatable bonds is 4. The van der Waals surface area contributed by atoms with Gasteiger partial charge in [0, 0.05) is 25.7 Å². The number of likely N-dealkylation sites (N-methyl/N-ethyl adjacent to an activating group) is 1. The zero-order chi connectivity index (χ0) is 18.4. The third-order valence-electron chi connectivity index (χ3n) is 6.17. The molecule has 2 saturated heterocycles. The van der Waals surface area contributed by atoms with Crippen LogP contribution in [0.15, 0.2) is 6.07 Å². The molecule has 0 aromatic carbocycles. The molecule has 2 aliphatic heterocycles. The Morgan fingerprint density at radius 3 is 2.65 bits per heavy atom. The van der Waals surface area contributed by atoms with Gasteiger partial charge in [0.2, 0.25) is 0 Å². The summed E-state index contributed by atoms with van der Waals surface area (Å²) in [6, 6.07) is 2.55. The van der Waals surface area contributed by atoms with Gasteiger partial charge in [-0.3, -0.25) is 4.90 Å². The summed E-state index contributed by atoms with van der Waals surface area (Å²) >= 11 is 0. The number of hydrogen-bond donors (Lipinski definition) is 1. The minimum absolute atomic E-state index is 0.0961. The van der Waals surface area contributed by atoms with E-state index in [1.807, 2.05) is 7.05 Å². The van der Waals surface area contributed by atoms with Crippen LogP contribution in [-0.4, -0.2) is 78.5 Å². The fourth-order valence-electron chi connectivity index (χ4n) is 4.22. The highest BCUT2D eigenvalue weighted by molar-refractivity contribution is 7.91. The lowest BCUT2D eigenvalue weighted by molar-refractivity contribution is -0.0115. The van der Waals surface area contributed by atoms with Gasteiger partial charge in [-0.2, -0.15) is 5.10 Å². The van der Waals surface area contributed by atoms with Crippen LogP contribution >= 0.6 is 0 Å². The topological polar surface area (TPSA) is 86.6 Å². The number of aromatic nitrogens is 2. The van der Waals surface area contributed by atoms with E-state index in [2.05, 4.69) is 26.1 Å². The van der Waals surface area contributed by atoms with Gasteiger partial charge in [-0.15, -0.1) is 5.10 Å². The van der Waals surface area contributed by atoms with Gasteiger partial charge in [-0.25, -0.2) is 8.42 Å². The minimum Gasteiger partial charge on any atom is -0.388 e. The van der Waals surface area contributed by atoms with Crippen LogP contribution in [-0.2, 0) is 22.7 Å². The Balaban J connectivity index is 1.32. The van der Waals surface area contributed by atoms with Crippen molar-refractivity contribution >= 4 is 15.7 Å². The Bertz CT molecular complexity index is 763. The molecule has 0 unspecified atom stereocenters. The summed E-state index contributed by atoms with van der Waals surface area (Å²) in [5, 5.41) is 19.5. The second-order valence-corrected chi connectivity index (χ2v) is 10.5. The Morgan fingerprint density at radius 2 is 1.92 bits per heavy atom. The molecule has 0 saturated carbocycles. The van der Waals surface area contributed by atoms with E-state index >= 15 is 0 Å². The van der Waals surface area contributed by atoms with E-state index in [4.69, 9.17) is 0 Å². The Labute approximate surface area is 155 Å². The third kappa shape index (κ3) is 3.73. The summed E-state index contributed by atoms with van der Waals surface area (Å²) in [6.45, 7) is 2.27. The number of hydrogen-bond acceptors (Lipinski definition) is 7. The highest BCUT2D eigenvalue weighted by atomic mass is 32.2. The van der Waals surface area contributed by atoms with Crippen LogP contribution in [0.2, 0.25) is 0 Å². The van der Waals surface area contributed by atoms with Crippen molar-refractivity contribution in [2.24, 2.45) is 0 Å². The zero-order valence-electron chi connectivity index (χ0n) is 15.4. The van der Waals surface area contributed by atoms with E-state index in [-0.39, 0.29) is 11.5 Å². The number of nitrogens with zero attached hydrogens (tertiary/aromatic N) is 4. The van der Waals surface area contributed by atoms with Crippen LogP contribution in [0.4, 0.5) is 5.82 Å². The molecule has 3 heterocycles. The first kappa shape index (κ1) is 18.1. The quantitative estimate of drug-likeness (QED) is 0.810. The molecule has 1 aliphatic carbocycles. The van der Waals surface area contributed by atoms with Crippen molar-refractivity contribution in [2.75, 3.05) is 43.1 Å². The molecule has 1 N–H and O–H groups in total. The summed E-state index contributed by atoms with van der Waals surface area (Å²) in [5.74, 6) is 1.15. The minimum atomic E-state index is -2.96. The van der Waals surface area contributed by atoms with Crippen LogP contribution in [0, 0.1) is 0 Å². The van der Waals surface area contributed by atoms with Crippen LogP contribution in [0.3, 0.4) is 0 Å². The van der Waals surface area contributed by atoms with Gasteiger partial charge in [-0.1, -0.05) is 0 Å². The van der Waals surface area contributed by atoms with Gasteiger partial charge in [0.15, 0.2) is 15.7 Å². The first-order valence-electron chi connectivity index (χ1n) is 9.57. The normalized spacial score (nSPS) is 25.0. The summed E-state index contributed by atoms with van der Waals surface area (Å²) in [6.07, 6.45) is 5.27. The molecule has 2 fully saturated rings. The fraction of sp³-hybridized carbons (Fsp3) is 0.778. The maximum Gasteiger partial charge on any atom is 0.151 e. The van der Waals surface area contributed by atoms with Crippen LogP contribution in [0.1, 0.15) is 36.9 Å². The van der Waals surface area contributed by atoms with Gasteiger partial charge < -0.3 is 10.0 Å². The highest BCUT2D eigenvalue weighted by Crippen LogP contribution is 2.29. The molecule has 1 aromatic heterocycles. The maximum atomic E-state index is 11.6. The number of fused-ring (bicyclic) bond motifs is 1.